The summed E-state index contributed by atoms with van der Waals surface area (Å²) in [5.41, 5.74) is 3.94. The summed E-state index contributed by atoms with van der Waals surface area (Å²) in [4.78, 5) is 4.66. The maximum Gasteiger partial charge on any atom is 0.191 e. The molecular weight excluding hydrogens is 467 g/mol. The minimum Gasteiger partial charge on any atom is -0.385 e. The molecule has 0 radical (unpaired) electrons. The molecule has 1 heterocycles. The Morgan fingerprint density at radius 3 is 2.36 bits per heavy atom. The largest absolute Gasteiger partial charge is 0.385 e. The summed E-state index contributed by atoms with van der Waals surface area (Å²) in [6, 6.07) is 6.67. The Morgan fingerprint density at radius 1 is 1.07 bits per heavy atom. The van der Waals surface area contributed by atoms with Gasteiger partial charge in [0.25, 0.3) is 0 Å². The average molecular weight is 500 g/mol. The second kappa shape index (κ2) is 12.7. The van der Waals surface area contributed by atoms with Gasteiger partial charge in [-0.3, -0.25) is 0 Å². The molecule has 0 bridgehead atoms. The predicted molar refractivity (Wildman–Crippen MR) is 124 cm³/mol. The van der Waals surface area contributed by atoms with E-state index in [0.717, 1.165) is 50.1 Å². The lowest BCUT2D eigenvalue weighted by Gasteiger charge is -2.13. The van der Waals surface area contributed by atoms with Gasteiger partial charge < -0.3 is 19.9 Å². The third-order valence-electron chi connectivity index (χ3n) is 4.37. The molecule has 156 valence electrons. The molecule has 0 aliphatic heterocycles. The van der Waals surface area contributed by atoms with Crippen LogP contribution in [0.2, 0.25) is 0 Å². The Labute approximate surface area is 185 Å². The molecular formula is C20H33IN6O. The van der Waals surface area contributed by atoms with Crippen molar-refractivity contribution in [3.63, 3.8) is 0 Å². The number of rotatable bonds is 9. The van der Waals surface area contributed by atoms with Crippen molar-refractivity contribution < 1.29 is 4.74 Å². The average Bonchev–Trinajstić information content (AvgIpc) is 2.94. The predicted octanol–water partition coefficient (Wildman–Crippen LogP) is 2.67. The van der Waals surface area contributed by atoms with Crippen molar-refractivity contribution in [3.8, 4) is 0 Å². The first-order valence-electron chi connectivity index (χ1n) is 9.42. The normalized spacial score (nSPS) is 11.2. The quantitative estimate of drug-likeness (QED) is 0.240. The zero-order chi connectivity index (χ0) is 19.6. The second-order valence-corrected chi connectivity index (χ2v) is 6.83. The molecule has 8 heteroatoms. The molecule has 1 aromatic carbocycles. The number of aromatic nitrogens is 3. The Hall–Kier alpha value is -1.68. The van der Waals surface area contributed by atoms with E-state index >= 15 is 0 Å². The summed E-state index contributed by atoms with van der Waals surface area (Å²) in [5.74, 6) is 2.52. The van der Waals surface area contributed by atoms with Crippen molar-refractivity contribution in [1.29, 1.82) is 0 Å². The molecule has 0 amide bonds. The van der Waals surface area contributed by atoms with E-state index in [-0.39, 0.29) is 24.0 Å². The van der Waals surface area contributed by atoms with Gasteiger partial charge in [-0.1, -0.05) is 29.3 Å². The zero-order valence-electron chi connectivity index (χ0n) is 17.6. The second-order valence-electron chi connectivity index (χ2n) is 6.83. The van der Waals surface area contributed by atoms with Gasteiger partial charge in [0.2, 0.25) is 0 Å². The highest BCUT2D eigenvalue weighted by Crippen LogP contribution is 2.09. The van der Waals surface area contributed by atoms with Crippen LogP contribution in [0.5, 0.6) is 0 Å². The van der Waals surface area contributed by atoms with E-state index in [1.807, 2.05) is 18.5 Å². The number of ether oxygens (including phenoxy) is 1. The molecule has 2 N–H and O–H groups in total. The van der Waals surface area contributed by atoms with Gasteiger partial charge in [0, 0.05) is 33.9 Å². The minimum atomic E-state index is 0. The molecule has 0 spiro atoms. The van der Waals surface area contributed by atoms with Crippen molar-refractivity contribution in [2.45, 2.75) is 40.2 Å². The van der Waals surface area contributed by atoms with Crippen LogP contribution in [0.1, 0.15) is 34.8 Å². The minimum absolute atomic E-state index is 0. The first-order valence-corrected chi connectivity index (χ1v) is 9.42. The molecule has 7 nitrogen and oxygen atoms in total. The fourth-order valence-corrected chi connectivity index (χ4v) is 2.87. The summed E-state index contributed by atoms with van der Waals surface area (Å²) < 4.78 is 7.07. The lowest BCUT2D eigenvalue weighted by atomic mass is 10.1. The number of aliphatic imine (C=N–C) groups is 1. The van der Waals surface area contributed by atoms with Crippen molar-refractivity contribution in [1.82, 2.24) is 25.4 Å². The Morgan fingerprint density at radius 2 is 1.75 bits per heavy atom. The number of benzene rings is 1. The van der Waals surface area contributed by atoms with Gasteiger partial charge in [-0.15, -0.1) is 34.2 Å². The van der Waals surface area contributed by atoms with Gasteiger partial charge >= 0.3 is 0 Å². The fraction of sp³-hybridized carbons (Fsp3) is 0.550. The van der Waals surface area contributed by atoms with E-state index in [9.17, 15) is 0 Å². The summed E-state index contributed by atoms with van der Waals surface area (Å²) in [6.07, 6.45) is 1.88. The van der Waals surface area contributed by atoms with Crippen LogP contribution in [0, 0.1) is 20.8 Å². The molecule has 0 aliphatic rings. The van der Waals surface area contributed by atoms with Crippen molar-refractivity contribution in [3.05, 3.63) is 46.5 Å². The smallest absolute Gasteiger partial charge is 0.191 e. The number of hydrogen-bond acceptors (Lipinski definition) is 4. The monoisotopic (exact) mass is 500 g/mol. The van der Waals surface area contributed by atoms with Crippen LogP contribution < -0.4 is 10.6 Å². The van der Waals surface area contributed by atoms with Crippen LogP contribution in [-0.4, -0.2) is 47.5 Å². The molecule has 2 rings (SSSR count). The molecule has 0 unspecified atom stereocenters. The highest BCUT2D eigenvalue weighted by atomic mass is 127. The molecule has 0 aliphatic carbocycles. The summed E-state index contributed by atoms with van der Waals surface area (Å²) >= 11 is 0. The van der Waals surface area contributed by atoms with Crippen LogP contribution in [-0.2, 0) is 24.8 Å². The van der Waals surface area contributed by atoms with Crippen LogP contribution in [0.25, 0.3) is 0 Å². The van der Waals surface area contributed by atoms with Gasteiger partial charge in [0.1, 0.15) is 12.4 Å². The molecule has 1 aromatic heterocycles. The van der Waals surface area contributed by atoms with E-state index in [0.29, 0.717) is 6.54 Å². The van der Waals surface area contributed by atoms with E-state index in [2.05, 4.69) is 57.9 Å². The molecule has 28 heavy (non-hydrogen) atoms. The highest BCUT2D eigenvalue weighted by Gasteiger charge is 2.05. The lowest BCUT2D eigenvalue weighted by molar-refractivity contribution is 0.195. The topological polar surface area (TPSA) is 76.4 Å². The van der Waals surface area contributed by atoms with Crippen LogP contribution in [0.4, 0.5) is 0 Å². The Kier molecular flexibility index (Phi) is 11.1. The zero-order valence-corrected chi connectivity index (χ0v) is 19.9. The van der Waals surface area contributed by atoms with Gasteiger partial charge in [-0.05, 0) is 39.2 Å². The molecule has 2 aromatic rings. The molecule has 0 saturated carbocycles. The van der Waals surface area contributed by atoms with Gasteiger partial charge in [0.15, 0.2) is 11.8 Å². The first kappa shape index (κ1) is 24.4. The number of nitrogens with zero attached hydrogens (tertiary/aromatic N) is 4. The summed E-state index contributed by atoms with van der Waals surface area (Å²) in [6.45, 7) is 9.05. The maximum atomic E-state index is 5.11. The third kappa shape index (κ3) is 8.14. The Balaban J connectivity index is 0.00000392. The Bertz CT molecular complexity index is 739. The third-order valence-corrected chi connectivity index (χ3v) is 4.37. The highest BCUT2D eigenvalue weighted by molar-refractivity contribution is 14.0. The first-order chi connectivity index (χ1) is 13.0. The van der Waals surface area contributed by atoms with E-state index in [1.54, 1.807) is 7.11 Å². The van der Waals surface area contributed by atoms with E-state index < -0.39 is 0 Å². The molecule has 0 fully saturated rings. The maximum absolute atomic E-state index is 5.11. The SMILES string of the molecule is COCCCNC(=NCc1nnc(C)n1C)NCCc1cc(C)cc(C)c1.I. The van der Waals surface area contributed by atoms with Crippen molar-refractivity contribution in [2.75, 3.05) is 26.8 Å². The van der Waals surface area contributed by atoms with Crippen molar-refractivity contribution in [2.24, 2.45) is 12.0 Å². The number of halogens is 1. The number of nitrogens with one attached hydrogen (secondary N) is 2. The van der Waals surface area contributed by atoms with Gasteiger partial charge in [-0.2, -0.15) is 0 Å². The van der Waals surface area contributed by atoms with Gasteiger partial charge in [0.05, 0.1) is 0 Å². The number of methoxy groups -OCH3 is 1. The van der Waals surface area contributed by atoms with Crippen LogP contribution in [0.3, 0.4) is 0 Å². The van der Waals surface area contributed by atoms with E-state index in [4.69, 9.17) is 4.74 Å². The molecule has 0 saturated heterocycles. The van der Waals surface area contributed by atoms with Crippen LogP contribution in [0.15, 0.2) is 23.2 Å². The molecule has 0 atom stereocenters. The fourth-order valence-electron chi connectivity index (χ4n) is 2.87. The number of aryl methyl sites for hydroxylation is 3. The number of guanidine groups is 1. The number of hydrogen-bond donors (Lipinski definition) is 2. The van der Waals surface area contributed by atoms with E-state index in [1.165, 1.54) is 16.7 Å². The van der Waals surface area contributed by atoms with Gasteiger partial charge in [-0.25, -0.2) is 4.99 Å². The van der Waals surface area contributed by atoms with Crippen molar-refractivity contribution >= 4 is 29.9 Å². The van der Waals surface area contributed by atoms with Crippen LogP contribution >= 0.6 is 24.0 Å². The lowest BCUT2D eigenvalue weighted by Crippen LogP contribution is -2.39. The summed E-state index contributed by atoms with van der Waals surface area (Å²) in [7, 11) is 3.67. The summed E-state index contributed by atoms with van der Waals surface area (Å²) in [5, 5.41) is 15.0. The standard InChI is InChI=1S/C20H32N6O.HI/c1-15-11-16(2)13-18(12-15)7-9-22-20(21-8-6-10-27-5)23-14-19-25-24-17(3)26(19)4;/h11-13H,6-10,14H2,1-5H3,(H2,21,22,23);1H.